The lowest BCUT2D eigenvalue weighted by atomic mass is 10.2. The summed E-state index contributed by atoms with van der Waals surface area (Å²) in [6.07, 6.45) is -0.446. The fourth-order valence-corrected chi connectivity index (χ4v) is 0.500. The van der Waals surface area contributed by atoms with E-state index in [4.69, 9.17) is 15.3 Å². The summed E-state index contributed by atoms with van der Waals surface area (Å²) in [6.45, 7) is 0. The van der Waals surface area contributed by atoms with Gasteiger partial charge in [-0.2, -0.15) is 0 Å². The van der Waals surface area contributed by atoms with Crippen LogP contribution < -0.4 is 6.15 Å². The van der Waals surface area contributed by atoms with E-state index in [0.717, 1.165) is 0 Å². The van der Waals surface area contributed by atoms with Crippen molar-refractivity contribution in [3.63, 3.8) is 0 Å². The second-order valence-corrected chi connectivity index (χ2v) is 1.88. The van der Waals surface area contributed by atoms with Crippen LogP contribution in [0.1, 0.15) is 6.42 Å². The van der Waals surface area contributed by atoms with Crippen molar-refractivity contribution in [3.05, 3.63) is 11.6 Å². The highest BCUT2D eigenvalue weighted by Gasteiger charge is 2.12. The van der Waals surface area contributed by atoms with Crippen LogP contribution in [-0.2, 0) is 14.4 Å². The zero-order valence-electron chi connectivity index (χ0n) is 6.56. The number of rotatable bonds is 4. The molecule has 7 heteroatoms. The maximum atomic E-state index is 10.2. The van der Waals surface area contributed by atoms with Gasteiger partial charge >= 0.3 is 17.9 Å². The van der Waals surface area contributed by atoms with Crippen LogP contribution in [-0.4, -0.2) is 33.2 Å². The van der Waals surface area contributed by atoms with Gasteiger partial charge in [0.2, 0.25) is 0 Å². The van der Waals surface area contributed by atoms with Gasteiger partial charge < -0.3 is 21.5 Å². The topological polar surface area (TPSA) is 147 Å². The molecule has 0 bridgehead atoms. The molecule has 13 heavy (non-hydrogen) atoms. The first-order valence-corrected chi connectivity index (χ1v) is 2.82. The molecular formula is C6H9NO6. The molecule has 0 saturated carbocycles. The monoisotopic (exact) mass is 191 g/mol. The molecule has 0 aromatic rings. The zero-order valence-corrected chi connectivity index (χ0v) is 6.56. The third-order valence-corrected chi connectivity index (χ3v) is 0.914. The second kappa shape index (κ2) is 5.72. The van der Waals surface area contributed by atoms with Crippen LogP contribution in [0.2, 0.25) is 0 Å². The SMILES string of the molecule is N.O=C(O)C=C(CC(=O)O)C(=O)O. The van der Waals surface area contributed by atoms with Crippen LogP contribution in [0.4, 0.5) is 0 Å². The molecular weight excluding hydrogens is 182 g/mol. The predicted octanol–water partition coefficient (Wildman–Crippen LogP) is -0.281. The Labute approximate surface area is 72.9 Å². The van der Waals surface area contributed by atoms with Gasteiger partial charge in [0.05, 0.1) is 12.0 Å². The largest absolute Gasteiger partial charge is 0.481 e. The first kappa shape index (κ1) is 13.7. The van der Waals surface area contributed by atoms with Crippen LogP contribution in [0.15, 0.2) is 11.6 Å². The molecule has 0 rings (SSSR count). The quantitative estimate of drug-likeness (QED) is 0.446. The molecule has 0 radical (unpaired) electrons. The first-order chi connectivity index (χ1) is 5.43. The van der Waals surface area contributed by atoms with Crippen molar-refractivity contribution in [2.45, 2.75) is 6.42 Å². The third-order valence-electron chi connectivity index (χ3n) is 0.914. The summed E-state index contributed by atoms with van der Waals surface area (Å²) in [5, 5.41) is 24.5. The molecule has 0 fully saturated rings. The van der Waals surface area contributed by atoms with E-state index in [9.17, 15) is 14.4 Å². The van der Waals surface area contributed by atoms with Crippen molar-refractivity contribution in [2.24, 2.45) is 0 Å². The van der Waals surface area contributed by atoms with E-state index in [1.165, 1.54) is 0 Å². The molecule has 0 saturated heterocycles. The van der Waals surface area contributed by atoms with E-state index < -0.39 is 29.9 Å². The van der Waals surface area contributed by atoms with Crippen molar-refractivity contribution in [3.8, 4) is 0 Å². The minimum Gasteiger partial charge on any atom is -0.481 e. The molecule has 0 aromatic heterocycles. The molecule has 0 atom stereocenters. The number of hydrogen-bond acceptors (Lipinski definition) is 4. The second-order valence-electron chi connectivity index (χ2n) is 1.88. The van der Waals surface area contributed by atoms with Gasteiger partial charge in [-0.3, -0.25) is 4.79 Å². The third kappa shape index (κ3) is 6.51. The normalized spacial score (nSPS) is 10.0. The van der Waals surface area contributed by atoms with E-state index in [2.05, 4.69) is 0 Å². The van der Waals surface area contributed by atoms with Gasteiger partial charge in [-0.1, -0.05) is 0 Å². The first-order valence-electron chi connectivity index (χ1n) is 2.82. The van der Waals surface area contributed by atoms with Gasteiger partial charge in [0.25, 0.3) is 0 Å². The van der Waals surface area contributed by atoms with Gasteiger partial charge in [-0.25, -0.2) is 9.59 Å². The smallest absolute Gasteiger partial charge is 0.332 e. The lowest BCUT2D eigenvalue weighted by Crippen LogP contribution is -2.08. The summed E-state index contributed by atoms with van der Waals surface area (Å²) >= 11 is 0. The van der Waals surface area contributed by atoms with E-state index in [1.54, 1.807) is 0 Å². The van der Waals surface area contributed by atoms with E-state index in [-0.39, 0.29) is 6.15 Å². The minimum atomic E-state index is -1.54. The van der Waals surface area contributed by atoms with Gasteiger partial charge in [0.1, 0.15) is 0 Å². The Morgan fingerprint density at radius 1 is 1.08 bits per heavy atom. The van der Waals surface area contributed by atoms with Crippen molar-refractivity contribution < 1.29 is 29.7 Å². The highest BCUT2D eigenvalue weighted by Crippen LogP contribution is 2.00. The Morgan fingerprint density at radius 3 is 1.77 bits per heavy atom. The lowest BCUT2D eigenvalue weighted by molar-refractivity contribution is -0.140. The average Bonchev–Trinajstić information content (AvgIpc) is 1.83. The molecule has 0 heterocycles. The molecule has 0 aliphatic carbocycles. The molecule has 0 aliphatic heterocycles. The van der Waals surface area contributed by atoms with E-state index in [1.807, 2.05) is 0 Å². The van der Waals surface area contributed by atoms with E-state index in [0.29, 0.717) is 6.08 Å². The summed E-state index contributed by atoms with van der Waals surface area (Å²) in [5.41, 5.74) is -0.657. The molecule has 74 valence electrons. The Bertz CT molecular complexity index is 256. The van der Waals surface area contributed by atoms with Crippen LogP contribution >= 0.6 is 0 Å². The van der Waals surface area contributed by atoms with E-state index >= 15 is 0 Å². The molecule has 0 spiro atoms. The maximum Gasteiger partial charge on any atom is 0.332 e. The minimum absolute atomic E-state index is 0. The average molecular weight is 191 g/mol. The number of carboxylic acid groups (broad SMARTS) is 3. The Kier molecular flexibility index (Phi) is 6.02. The number of carboxylic acids is 3. The molecule has 0 unspecified atom stereocenters. The van der Waals surface area contributed by atoms with Gasteiger partial charge in [0.15, 0.2) is 0 Å². The van der Waals surface area contributed by atoms with Gasteiger partial charge in [-0.05, 0) is 0 Å². The Hall–Kier alpha value is -1.89. The molecule has 0 aromatic carbocycles. The molecule has 0 aliphatic rings. The summed E-state index contributed by atoms with van der Waals surface area (Å²) in [5.74, 6) is -4.40. The number of hydrogen-bond donors (Lipinski definition) is 4. The van der Waals surface area contributed by atoms with Crippen molar-refractivity contribution >= 4 is 17.9 Å². The van der Waals surface area contributed by atoms with Crippen LogP contribution in [0, 0.1) is 0 Å². The van der Waals surface area contributed by atoms with Gasteiger partial charge in [0, 0.05) is 6.08 Å². The van der Waals surface area contributed by atoms with Gasteiger partial charge in [-0.15, -0.1) is 0 Å². The van der Waals surface area contributed by atoms with Crippen LogP contribution in [0.3, 0.4) is 0 Å². The van der Waals surface area contributed by atoms with Crippen molar-refractivity contribution in [2.75, 3.05) is 0 Å². The Morgan fingerprint density at radius 2 is 1.54 bits per heavy atom. The number of carbonyl (C=O) groups is 3. The predicted molar refractivity (Wildman–Crippen MR) is 40.6 cm³/mol. The van der Waals surface area contributed by atoms with Crippen LogP contribution in [0.25, 0.3) is 0 Å². The number of aliphatic carboxylic acids is 3. The fourth-order valence-electron chi connectivity index (χ4n) is 0.500. The lowest BCUT2D eigenvalue weighted by Gasteiger charge is -1.94. The summed E-state index contributed by atoms with van der Waals surface area (Å²) in [4.78, 5) is 30.1. The fraction of sp³-hybridized carbons (Fsp3) is 0.167. The maximum absolute atomic E-state index is 10.2. The highest BCUT2D eigenvalue weighted by molar-refractivity contribution is 5.98. The summed E-state index contributed by atoms with van der Waals surface area (Å²) in [6, 6.07) is 0. The van der Waals surface area contributed by atoms with Crippen molar-refractivity contribution in [1.82, 2.24) is 6.15 Å². The van der Waals surface area contributed by atoms with Crippen LogP contribution in [0.5, 0.6) is 0 Å². The molecule has 6 N–H and O–H groups in total. The zero-order chi connectivity index (χ0) is 9.72. The van der Waals surface area contributed by atoms with Crippen molar-refractivity contribution in [1.29, 1.82) is 0 Å². The molecule has 0 amide bonds. The summed E-state index contributed by atoms with van der Waals surface area (Å²) in [7, 11) is 0. The summed E-state index contributed by atoms with van der Waals surface area (Å²) < 4.78 is 0. The standard InChI is InChI=1S/C6H6O6.H3N/c7-4(8)1-3(6(11)12)2-5(9)10;/h1H,2H2,(H,7,8)(H,9,10)(H,11,12);1H3. The highest BCUT2D eigenvalue weighted by atomic mass is 16.4. The molecule has 7 nitrogen and oxygen atoms in total. The Balaban J connectivity index is 0.